The molecule has 2 aliphatic rings. The summed E-state index contributed by atoms with van der Waals surface area (Å²) >= 11 is 5.75. The number of carbonyl (C=O) groups excluding carboxylic acids is 1. The first kappa shape index (κ1) is 14.3. The number of hydrogen-bond acceptors (Lipinski definition) is 4. The molecule has 7 nitrogen and oxygen atoms in total. The van der Waals surface area contributed by atoms with Crippen molar-refractivity contribution in [3.05, 3.63) is 17.4 Å². The van der Waals surface area contributed by atoms with Crippen LogP contribution in [0.4, 0.5) is 0 Å². The summed E-state index contributed by atoms with van der Waals surface area (Å²) in [5.41, 5.74) is 0. The van der Waals surface area contributed by atoms with E-state index < -0.39 is 17.8 Å². The number of fused-ring (bicyclic) bond motifs is 2. The number of amides is 1. The molecule has 0 radical (unpaired) electrons. The Hall–Kier alpha value is -1.60. The van der Waals surface area contributed by atoms with Gasteiger partial charge in [0.2, 0.25) is 5.91 Å². The molecule has 114 valence electrons. The van der Waals surface area contributed by atoms with Crippen molar-refractivity contribution >= 4 is 23.5 Å². The lowest BCUT2D eigenvalue weighted by Crippen LogP contribution is -2.44. The van der Waals surface area contributed by atoms with Crippen molar-refractivity contribution < 1.29 is 19.4 Å². The zero-order valence-corrected chi connectivity index (χ0v) is 12.0. The zero-order valence-electron chi connectivity index (χ0n) is 11.2. The Kier molecular flexibility index (Phi) is 3.86. The second-order valence-electron chi connectivity index (χ2n) is 5.39. The second kappa shape index (κ2) is 5.65. The third kappa shape index (κ3) is 2.75. The molecule has 4 atom stereocenters. The van der Waals surface area contributed by atoms with Crippen molar-refractivity contribution in [1.29, 1.82) is 0 Å². The summed E-state index contributed by atoms with van der Waals surface area (Å²) in [5, 5.41) is 16.6. The molecule has 2 saturated heterocycles. The zero-order chi connectivity index (χ0) is 15.0. The van der Waals surface area contributed by atoms with Crippen molar-refractivity contribution in [3.8, 4) is 0 Å². The number of aliphatic carboxylic acids is 1. The molecule has 2 aliphatic heterocycles. The number of halogens is 1. The highest BCUT2D eigenvalue weighted by Gasteiger charge is 2.55. The summed E-state index contributed by atoms with van der Waals surface area (Å²) in [6.45, 7) is 0.856. The molecule has 2 N–H and O–H groups in total. The van der Waals surface area contributed by atoms with Crippen molar-refractivity contribution in [1.82, 2.24) is 15.1 Å². The Morgan fingerprint density at radius 2 is 2.14 bits per heavy atom. The van der Waals surface area contributed by atoms with E-state index in [1.807, 2.05) is 0 Å². The largest absolute Gasteiger partial charge is 0.481 e. The van der Waals surface area contributed by atoms with E-state index in [0.717, 1.165) is 12.8 Å². The maximum absolute atomic E-state index is 12.2. The van der Waals surface area contributed by atoms with Crippen LogP contribution in [0.15, 0.2) is 12.4 Å². The molecule has 0 aromatic carbocycles. The molecule has 2 fully saturated rings. The normalized spacial score (nSPS) is 30.5. The maximum Gasteiger partial charge on any atom is 0.310 e. The minimum Gasteiger partial charge on any atom is -0.481 e. The smallest absolute Gasteiger partial charge is 0.310 e. The predicted molar refractivity (Wildman–Crippen MR) is 72.8 cm³/mol. The molecule has 0 unspecified atom stereocenters. The monoisotopic (exact) mass is 313 g/mol. The number of rotatable bonds is 5. The van der Waals surface area contributed by atoms with Crippen LogP contribution in [0.1, 0.15) is 12.8 Å². The topological polar surface area (TPSA) is 93.4 Å². The van der Waals surface area contributed by atoms with Gasteiger partial charge in [-0.3, -0.25) is 14.3 Å². The lowest BCUT2D eigenvalue weighted by atomic mass is 9.79. The molecule has 21 heavy (non-hydrogen) atoms. The summed E-state index contributed by atoms with van der Waals surface area (Å²) in [7, 11) is 0. The van der Waals surface area contributed by atoms with E-state index >= 15 is 0 Å². The molecule has 2 bridgehead atoms. The standard InChI is InChI=1S/C13H16ClN3O4/c14-7-5-16-17(6-7)4-3-15-12(18)10-8-1-2-9(21-8)11(10)13(19)20/h5-6,8-11H,1-4H2,(H,15,18)(H,19,20)/t8-,9+,10-,11+/m1/s1. The number of carboxylic acids is 1. The Labute approximate surface area is 126 Å². The van der Waals surface area contributed by atoms with Crippen LogP contribution in [0.5, 0.6) is 0 Å². The van der Waals surface area contributed by atoms with Crippen LogP contribution in [-0.4, -0.2) is 45.5 Å². The average molecular weight is 314 g/mol. The van der Waals surface area contributed by atoms with Crippen molar-refractivity contribution in [2.75, 3.05) is 6.54 Å². The van der Waals surface area contributed by atoms with Gasteiger partial charge in [-0.25, -0.2) is 0 Å². The fourth-order valence-corrected chi connectivity index (χ4v) is 3.35. The number of ether oxygens (including phenoxy) is 1. The summed E-state index contributed by atoms with van der Waals surface area (Å²) in [6, 6.07) is 0. The van der Waals surface area contributed by atoms with E-state index in [4.69, 9.17) is 16.3 Å². The van der Waals surface area contributed by atoms with E-state index in [0.29, 0.717) is 18.1 Å². The molecule has 0 spiro atoms. The predicted octanol–water partition coefficient (Wildman–Crippen LogP) is 0.531. The number of carbonyl (C=O) groups is 2. The van der Waals surface area contributed by atoms with Crippen LogP contribution in [0, 0.1) is 11.8 Å². The Bertz CT molecular complexity index is 561. The number of hydrogen-bond donors (Lipinski definition) is 2. The van der Waals surface area contributed by atoms with E-state index in [2.05, 4.69) is 10.4 Å². The molecule has 3 heterocycles. The van der Waals surface area contributed by atoms with Gasteiger partial charge in [-0.15, -0.1) is 0 Å². The van der Waals surface area contributed by atoms with E-state index in [9.17, 15) is 14.7 Å². The molecular formula is C13H16ClN3O4. The first-order valence-corrected chi connectivity index (χ1v) is 7.28. The quantitative estimate of drug-likeness (QED) is 0.827. The van der Waals surface area contributed by atoms with Gasteiger partial charge < -0.3 is 15.2 Å². The number of nitrogens with one attached hydrogen (secondary N) is 1. The van der Waals surface area contributed by atoms with Gasteiger partial charge >= 0.3 is 5.97 Å². The maximum atomic E-state index is 12.2. The van der Waals surface area contributed by atoms with Crippen LogP contribution < -0.4 is 5.32 Å². The van der Waals surface area contributed by atoms with Crippen LogP contribution in [0.2, 0.25) is 5.02 Å². The van der Waals surface area contributed by atoms with E-state index in [1.165, 1.54) is 6.20 Å². The van der Waals surface area contributed by atoms with Gasteiger partial charge in [0.15, 0.2) is 0 Å². The SMILES string of the molecule is O=C(O)[C@@H]1[C@H](C(=O)NCCn2cc(Cl)cn2)[C@H]2CC[C@@H]1O2. The van der Waals surface area contributed by atoms with E-state index in [-0.39, 0.29) is 18.1 Å². The first-order valence-electron chi connectivity index (χ1n) is 6.90. The van der Waals surface area contributed by atoms with Gasteiger partial charge in [-0.2, -0.15) is 5.10 Å². The van der Waals surface area contributed by atoms with Gasteiger partial charge in [0.05, 0.1) is 41.8 Å². The van der Waals surface area contributed by atoms with Crippen molar-refractivity contribution in [2.24, 2.45) is 11.8 Å². The third-order valence-corrected chi connectivity index (χ3v) is 4.30. The second-order valence-corrected chi connectivity index (χ2v) is 5.83. The van der Waals surface area contributed by atoms with Crippen molar-refractivity contribution in [3.63, 3.8) is 0 Å². The van der Waals surface area contributed by atoms with Gasteiger partial charge in [0, 0.05) is 12.7 Å². The molecular weight excluding hydrogens is 298 g/mol. The number of aromatic nitrogens is 2. The van der Waals surface area contributed by atoms with Gasteiger partial charge in [-0.05, 0) is 12.8 Å². The van der Waals surface area contributed by atoms with Crippen LogP contribution in [0.3, 0.4) is 0 Å². The summed E-state index contributed by atoms with van der Waals surface area (Å²) in [5.74, 6) is -2.54. The Morgan fingerprint density at radius 1 is 1.43 bits per heavy atom. The molecule has 1 aromatic heterocycles. The summed E-state index contributed by atoms with van der Waals surface area (Å²) in [4.78, 5) is 23.6. The van der Waals surface area contributed by atoms with Crippen LogP contribution in [0.25, 0.3) is 0 Å². The van der Waals surface area contributed by atoms with E-state index in [1.54, 1.807) is 10.9 Å². The van der Waals surface area contributed by atoms with Gasteiger partial charge in [0.1, 0.15) is 0 Å². The summed E-state index contributed by atoms with van der Waals surface area (Å²) in [6.07, 6.45) is 4.06. The first-order chi connectivity index (χ1) is 10.1. The highest BCUT2D eigenvalue weighted by atomic mass is 35.5. The van der Waals surface area contributed by atoms with Crippen LogP contribution in [-0.2, 0) is 20.9 Å². The molecule has 1 amide bonds. The van der Waals surface area contributed by atoms with Crippen LogP contribution >= 0.6 is 11.6 Å². The molecule has 0 saturated carbocycles. The highest BCUT2D eigenvalue weighted by Crippen LogP contribution is 2.43. The van der Waals surface area contributed by atoms with Crippen molar-refractivity contribution in [2.45, 2.75) is 31.6 Å². The summed E-state index contributed by atoms with van der Waals surface area (Å²) < 4.78 is 7.19. The number of nitrogens with zero attached hydrogens (tertiary/aromatic N) is 2. The molecule has 0 aliphatic carbocycles. The highest BCUT2D eigenvalue weighted by molar-refractivity contribution is 6.30. The fraction of sp³-hybridized carbons (Fsp3) is 0.615. The Balaban J connectivity index is 1.56. The van der Waals surface area contributed by atoms with Gasteiger partial charge in [-0.1, -0.05) is 11.6 Å². The minimum absolute atomic E-state index is 0.257. The molecule has 3 rings (SSSR count). The third-order valence-electron chi connectivity index (χ3n) is 4.10. The fourth-order valence-electron chi connectivity index (χ4n) is 3.20. The molecule has 1 aromatic rings. The Morgan fingerprint density at radius 3 is 2.76 bits per heavy atom. The number of carboxylic acid groups (broad SMARTS) is 1. The minimum atomic E-state index is -0.957. The lowest BCUT2D eigenvalue weighted by Gasteiger charge is -2.23. The molecule has 8 heteroatoms. The van der Waals surface area contributed by atoms with Gasteiger partial charge in [0.25, 0.3) is 0 Å². The average Bonchev–Trinajstić information content (AvgIpc) is 3.13. The lowest BCUT2D eigenvalue weighted by molar-refractivity contribution is -0.147.